The Morgan fingerprint density at radius 1 is 1.64 bits per heavy atom. The minimum Gasteiger partial charge on any atom is -0.417 e. The Bertz CT molecular complexity index is 365. The first-order chi connectivity index (χ1) is 6.63. The molecule has 0 amide bonds. The van der Waals surface area contributed by atoms with Gasteiger partial charge in [0.1, 0.15) is 0 Å². The summed E-state index contributed by atoms with van der Waals surface area (Å²) in [5.74, 6) is -0.258. The SMILES string of the molecule is N#CCc1cnc(OC(F)F)cc1Cl. The Morgan fingerprint density at radius 3 is 2.86 bits per heavy atom. The number of alkyl halides is 2. The van der Waals surface area contributed by atoms with Gasteiger partial charge in [-0.05, 0) is 0 Å². The standard InChI is InChI=1S/C8H5ClF2N2O/c9-6-3-7(14-8(10)11)13-4-5(6)1-2-12/h3-4,8H,1H2. The van der Waals surface area contributed by atoms with E-state index in [1.54, 1.807) is 0 Å². The molecule has 0 radical (unpaired) electrons. The minimum atomic E-state index is -2.93. The fraction of sp³-hybridized carbons (Fsp3) is 0.250. The highest BCUT2D eigenvalue weighted by molar-refractivity contribution is 6.31. The van der Waals surface area contributed by atoms with E-state index in [1.807, 2.05) is 6.07 Å². The summed E-state index contributed by atoms with van der Waals surface area (Å²) in [6.45, 7) is -2.93. The number of hydrogen-bond acceptors (Lipinski definition) is 3. The molecule has 0 fully saturated rings. The second-order valence-corrected chi connectivity index (χ2v) is 2.73. The maximum absolute atomic E-state index is 11.7. The lowest BCUT2D eigenvalue weighted by atomic mass is 10.2. The third kappa shape index (κ3) is 2.82. The van der Waals surface area contributed by atoms with Crippen LogP contribution in [0.4, 0.5) is 8.78 Å². The van der Waals surface area contributed by atoms with Crippen molar-refractivity contribution < 1.29 is 13.5 Å². The smallest absolute Gasteiger partial charge is 0.388 e. The van der Waals surface area contributed by atoms with E-state index in [0.717, 1.165) is 6.07 Å². The van der Waals surface area contributed by atoms with Crippen molar-refractivity contribution in [3.05, 3.63) is 22.8 Å². The third-order valence-corrected chi connectivity index (χ3v) is 1.74. The van der Waals surface area contributed by atoms with Gasteiger partial charge in [-0.3, -0.25) is 0 Å². The first kappa shape index (κ1) is 10.7. The van der Waals surface area contributed by atoms with Gasteiger partial charge in [-0.2, -0.15) is 14.0 Å². The number of ether oxygens (including phenoxy) is 1. The molecule has 6 heteroatoms. The summed E-state index contributed by atoms with van der Waals surface area (Å²) in [5.41, 5.74) is 0.482. The van der Waals surface area contributed by atoms with Gasteiger partial charge in [0.05, 0.1) is 17.5 Å². The number of nitrogens with zero attached hydrogens (tertiary/aromatic N) is 2. The Morgan fingerprint density at radius 2 is 2.36 bits per heavy atom. The van der Waals surface area contributed by atoms with Gasteiger partial charge in [0, 0.05) is 17.8 Å². The van der Waals surface area contributed by atoms with Crippen molar-refractivity contribution in [2.24, 2.45) is 0 Å². The highest BCUT2D eigenvalue weighted by Crippen LogP contribution is 2.21. The van der Waals surface area contributed by atoms with Gasteiger partial charge in [0.25, 0.3) is 0 Å². The summed E-state index contributed by atoms with van der Waals surface area (Å²) in [4.78, 5) is 3.56. The minimum absolute atomic E-state index is 0.0841. The molecule has 0 aliphatic rings. The highest BCUT2D eigenvalue weighted by atomic mass is 35.5. The van der Waals surface area contributed by atoms with Gasteiger partial charge in [-0.25, -0.2) is 4.98 Å². The number of rotatable bonds is 3. The molecule has 0 N–H and O–H groups in total. The summed E-state index contributed by atoms with van der Waals surface area (Å²) in [6.07, 6.45) is 1.32. The van der Waals surface area contributed by atoms with Crippen LogP contribution in [0.15, 0.2) is 12.3 Å². The Kier molecular flexibility index (Phi) is 3.60. The number of nitriles is 1. The van der Waals surface area contributed by atoms with Crippen molar-refractivity contribution in [3.63, 3.8) is 0 Å². The lowest BCUT2D eigenvalue weighted by molar-refractivity contribution is -0.0528. The number of halogens is 3. The van der Waals surface area contributed by atoms with Gasteiger partial charge in [-0.1, -0.05) is 11.6 Å². The van der Waals surface area contributed by atoms with Crippen molar-refractivity contribution in [1.82, 2.24) is 4.98 Å². The molecule has 0 saturated heterocycles. The maximum Gasteiger partial charge on any atom is 0.388 e. The molecule has 0 aliphatic carbocycles. The average molecular weight is 219 g/mol. The van der Waals surface area contributed by atoms with Crippen LogP contribution in [-0.2, 0) is 6.42 Å². The summed E-state index contributed by atoms with van der Waals surface area (Å²) in [7, 11) is 0. The lowest BCUT2D eigenvalue weighted by Crippen LogP contribution is -2.03. The quantitative estimate of drug-likeness (QED) is 0.783. The van der Waals surface area contributed by atoms with E-state index in [9.17, 15) is 8.78 Å². The zero-order valence-corrected chi connectivity index (χ0v) is 7.63. The highest BCUT2D eigenvalue weighted by Gasteiger charge is 2.08. The van der Waals surface area contributed by atoms with Gasteiger partial charge in [0.15, 0.2) is 0 Å². The molecule has 0 aliphatic heterocycles. The van der Waals surface area contributed by atoms with Gasteiger partial charge in [-0.15, -0.1) is 0 Å². The van der Waals surface area contributed by atoms with Crippen LogP contribution < -0.4 is 4.74 Å². The average Bonchev–Trinajstić information content (AvgIpc) is 2.09. The Labute approximate surface area is 83.9 Å². The van der Waals surface area contributed by atoms with E-state index in [-0.39, 0.29) is 17.3 Å². The number of pyridine rings is 1. The molecule has 1 aromatic heterocycles. The second-order valence-electron chi connectivity index (χ2n) is 2.33. The molecule has 0 saturated carbocycles. The van der Waals surface area contributed by atoms with Gasteiger partial charge in [0.2, 0.25) is 5.88 Å². The molecule has 0 bridgehead atoms. The van der Waals surface area contributed by atoms with Crippen molar-refractivity contribution in [2.45, 2.75) is 13.0 Å². The van der Waals surface area contributed by atoms with Crippen molar-refractivity contribution >= 4 is 11.6 Å². The molecule has 14 heavy (non-hydrogen) atoms. The summed E-state index contributed by atoms with van der Waals surface area (Å²) in [5, 5.41) is 8.56. The zero-order chi connectivity index (χ0) is 10.6. The third-order valence-electron chi connectivity index (χ3n) is 1.38. The molecule has 0 unspecified atom stereocenters. The van der Waals surface area contributed by atoms with E-state index in [0.29, 0.717) is 5.56 Å². The second kappa shape index (κ2) is 4.72. The largest absolute Gasteiger partial charge is 0.417 e. The first-order valence-corrected chi connectivity index (χ1v) is 3.97. The number of hydrogen-bond donors (Lipinski definition) is 0. The van der Waals surface area contributed by atoms with Crippen LogP contribution in [0.5, 0.6) is 5.88 Å². The zero-order valence-electron chi connectivity index (χ0n) is 6.88. The summed E-state index contributed by atoms with van der Waals surface area (Å²) >= 11 is 5.68. The van der Waals surface area contributed by atoms with Crippen molar-refractivity contribution in [1.29, 1.82) is 5.26 Å². The maximum atomic E-state index is 11.7. The molecule has 1 aromatic rings. The molecular formula is C8H5ClF2N2O. The van der Waals surface area contributed by atoms with Crippen LogP contribution >= 0.6 is 11.6 Å². The Hall–Kier alpha value is -1.41. The van der Waals surface area contributed by atoms with Gasteiger partial charge < -0.3 is 4.74 Å². The van der Waals surface area contributed by atoms with Crippen molar-refractivity contribution in [3.8, 4) is 11.9 Å². The molecule has 0 aromatic carbocycles. The molecule has 3 nitrogen and oxygen atoms in total. The van der Waals surface area contributed by atoms with E-state index in [1.165, 1.54) is 6.20 Å². The van der Waals surface area contributed by atoms with E-state index >= 15 is 0 Å². The first-order valence-electron chi connectivity index (χ1n) is 3.59. The molecule has 0 atom stereocenters. The van der Waals surface area contributed by atoms with Crippen LogP contribution in [-0.4, -0.2) is 11.6 Å². The molecule has 74 valence electrons. The Balaban J connectivity index is 2.84. The fourth-order valence-corrected chi connectivity index (χ4v) is 1.02. The van der Waals surface area contributed by atoms with Crippen LogP contribution in [0.2, 0.25) is 5.02 Å². The molecular weight excluding hydrogens is 214 g/mol. The number of aromatic nitrogens is 1. The predicted octanol–water partition coefficient (Wildman–Crippen LogP) is 2.40. The summed E-state index contributed by atoms with van der Waals surface area (Å²) in [6, 6.07) is 3.02. The van der Waals surface area contributed by atoms with Gasteiger partial charge >= 0.3 is 6.61 Å². The van der Waals surface area contributed by atoms with Crippen LogP contribution in [0.3, 0.4) is 0 Å². The summed E-state index contributed by atoms with van der Waals surface area (Å²) < 4.78 is 27.5. The molecule has 1 rings (SSSR count). The monoisotopic (exact) mass is 218 g/mol. The van der Waals surface area contributed by atoms with Crippen LogP contribution in [0.1, 0.15) is 5.56 Å². The van der Waals surface area contributed by atoms with E-state index < -0.39 is 6.61 Å². The van der Waals surface area contributed by atoms with Crippen LogP contribution in [0, 0.1) is 11.3 Å². The lowest BCUT2D eigenvalue weighted by Gasteiger charge is -2.04. The normalized spacial score (nSPS) is 9.93. The molecule has 1 heterocycles. The molecule has 0 spiro atoms. The van der Waals surface area contributed by atoms with Crippen molar-refractivity contribution in [2.75, 3.05) is 0 Å². The topological polar surface area (TPSA) is 45.9 Å². The van der Waals surface area contributed by atoms with Crippen LogP contribution in [0.25, 0.3) is 0 Å². The van der Waals surface area contributed by atoms with E-state index in [4.69, 9.17) is 16.9 Å². The fourth-order valence-electron chi connectivity index (χ4n) is 0.813. The van der Waals surface area contributed by atoms with E-state index in [2.05, 4.69) is 9.72 Å². The predicted molar refractivity (Wildman–Crippen MR) is 45.2 cm³/mol.